The lowest BCUT2D eigenvalue weighted by Crippen LogP contribution is -2.53. The van der Waals surface area contributed by atoms with Gasteiger partial charge in [0, 0.05) is 19.1 Å². The molecule has 5 heteroatoms. The SMILES string of the molecule is c1nc(N2CCOC3CCCCC32)cnc1CNC1CC1. The van der Waals surface area contributed by atoms with Crippen LogP contribution < -0.4 is 10.2 Å². The highest BCUT2D eigenvalue weighted by atomic mass is 16.5. The molecule has 4 rings (SSSR count). The number of hydrogen-bond acceptors (Lipinski definition) is 5. The Bertz CT molecular complexity index is 472. The van der Waals surface area contributed by atoms with Crippen LogP contribution in [0.4, 0.5) is 5.82 Å². The lowest BCUT2D eigenvalue weighted by atomic mass is 9.90. The molecule has 1 saturated heterocycles. The van der Waals surface area contributed by atoms with Crippen molar-refractivity contribution in [1.29, 1.82) is 0 Å². The molecule has 2 heterocycles. The fourth-order valence-corrected chi connectivity index (χ4v) is 3.50. The molecule has 2 unspecified atom stereocenters. The maximum atomic E-state index is 5.93. The van der Waals surface area contributed by atoms with Gasteiger partial charge in [-0.2, -0.15) is 0 Å². The normalized spacial score (nSPS) is 29.2. The molecule has 21 heavy (non-hydrogen) atoms. The first-order valence-corrected chi connectivity index (χ1v) is 8.33. The molecule has 0 amide bonds. The molecule has 1 aromatic heterocycles. The fourth-order valence-electron chi connectivity index (χ4n) is 3.50. The lowest BCUT2D eigenvalue weighted by Gasteiger charge is -2.44. The van der Waals surface area contributed by atoms with Crippen molar-refractivity contribution in [1.82, 2.24) is 15.3 Å². The van der Waals surface area contributed by atoms with E-state index in [9.17, 15) is 0 Å². The number of morpholine rings is 1. The second kappa shape index (κ2) is 5.89. The minimum Gasteiger partial charge on any atom is -0.374 e. The second-order valence-corrected chi connectivity index (χ2v) is 6.48. The Morgan fingerprint density at radius 2 is 2.05 bits per heavy atom. The van der Waals surface area contributed by atoms with E-state index in [1.54, 1.807) is 0 Å². The zero-order valence-electron chi connectivity index (χ0n) is 12.5. The van der Waals surface area contributed by atoms with E-state index in [0.717, 1.165) is 31.2 Å². The molecule has 1 N–H and O–H groups in total. The molecule has 0 spiro atoms. The fraction of sp³-hybridized carbons (Fsp3) is 0.750. The van der Waals surface area contributed by atoms with Crippen LogP contribution in [0.15, 0.2) is 12.4 Å². The van der Waals surface area contributed by atoms with Gasteiger partial charge >= 0.3 is 0 Å². The summed E-state index contributed by atoms with van der Waals surface area (Å²) in [5.41, 5.74) is 1.04. The molecule has 0 radical (unpaired) electrons. The minimum absolute atomic E-state index is 0.394. The highest BCUT2D eigenvalue weighted by molar-refractivity contribution is 5.38. The van der Waals surface area contributed by atoms with Crippen molar-refractivity contribution >= 4 is 5.82 Å². The molecule has 5 nitrogen and oxygen atoms in total. The topological polar surface area (TPSA) is 50.3 Å². The van der Waals surface area contributed by atoms with Gasteiger partial charge in [0.1, 0.15) is 5.82 Å². The van der Waals surface area contributed by atoms with E-state index in [1.165, 1.54) is 38.5 Å². The van der Waals surface area contributed by atoms with Gasteiger partial charge in [0.15, 0.2) is 0 Å². The largest absolute Gasteiger partial charge is 0.374 e. The predicted molar refractivity (Wildman–Crippen MR) is 81.2 cm³/mol. The zero-order chi connectivity index (χ0) is 14.1. The van der Waals surface area contributed by atoms with Crippen LogP contribution >= 0.6 is 0 Å². The number of nitrogens with one attached hydrogen (secondary N) is 1. The molecule has 2 atom stereocenters. The molecule has 0 bridgehead atoms. The number of anilines is 1. The standard InChI is InChI=1S/C16H24N4O/c1-2-4-15-14(3-1)20(7-8-21-15)16-11-18-13(10-19-16)9-17-12-5-6-12/h10-12,14-15,17H,1-9H2. The first-order valence-electron chi connectivity index (χ1n) is 8.33. The summed E-state index contributed by atoms with van der Waals surface area (Å²) in [6, 6.07) is 1.21. The Morgan fingerprint density at radius 3 is 2.86 bits per heavy atom. The van der Waals surface area contributed by atoms with Gasteiger partial charge in [-0.3, -0.25) is 4.98 Å². The Balaban J connectivity index is 1.43. The third kappa shape index (κ3) is 3.04. The van der Waals surface area contributed by atoms with E-state index in [2.05, 4.69) is 20.2 Å². The van der Waals surface area contributed by atoms with Crippen molar-refractivity contribution in [2.45, 2.75) is 63.3 Å². The van der Waals surface area contributed by atoms with E-state index >= 15 is 0 Å². The van der Waals surface area contributed by atoms with Crippen molar-refractivity contribution in [3.8, 4) is 0 Å². The first kappa shape index (κ1) is 13.5. The second-order valence-electron chi connectivity index (χ2n) is 6.48. The first-order chi connectivity index (χ1) is 10.4. The van der Waals surface area contributed by atoms with Crippen LogP contribution in [0.5, 0.6) is 0 Å². The molecule has 0 aromatic carbocycles. The summed E-state index contributed by atoms with van der Waals surface area (Å²) in [7, 11) is 0. The zero-order valence-corrected chi connectivity index (χ0v) is 12.5. The monoisotopic (exact) mass is 288 g/mol. The third-order valence-electron chi connectivity index (χ3n) is 4.87. The highest BCUT2D eigenvalue weighted by Gasteiger charge is 2.34. The summed E-state index contributed by atoms with van der Waals surface area (Å²) in [4.78, 5) is 11.7. The summed E-state index contributed by atoms with van der Waals surface area (Å²) in [6.07, 6.45) is 11.9. The van der Waals surface area contributed by atoms with Crippen LogP contribution in [0.2, 0.25) is 0 Å². The minimum atomic E-state index is 0.394. The molecule has 3 aliphatic rings. The van der Waals surface area contributed by atoms with Crippen LogP contribution in [0, 0.1) is 0 Å². The summed E-state index contributed by atoms with van der Waals surface area (Å²) < 4.78 is 5.93. The van der Waals surface area contributed by atoms with E-state index in [4.69, 9.17) is 4.74 Å². The number of rotatable bonds is 4. The van der Waals surface area contributed by atoms with Gasteiger partial charge < -0.3 is 15.0 Å². The Hall–Kier alpha value is -1.20. The van der Waals surface area contributed by atoms with E-state index in [-0.39, 0.29) is 0 Å². The van der Waals surface area contributed by atoms with Crippen molar-refractivity contribution in [2.24, 2.45) is 0 Å². The van der Waals surface area contributed by atoms with Crippen molar-refractivity contribution in [2.75, 3.05) is 18.1 Å². The smallest absolute Gasteiger partial charge is 0.147 e. The lowest BCUT2D eigenvalue weighted by molar-refractivity contribution is -0.00901. The number of ether oxygens (including phenoxy) is 1. The van der Waals surface area contributed by atoms with Crippen LogP contribution in [-0.2, 0) is 11.3 Å². The number of nitrogens with zero attached hydrogens (tertiary/aromatic N) is 3. The quantitative estimate of drug-likeness (QED) is 0.916. The Kier molecular flexibility index (Phi) is 3.78. The van der Waals surface area contributed by atoms with Crippen LogP contribution in [0.25, 0.3) is 0 Å². The highest BCUT2D eigenvalue weighted by Crippen LogP contribution is 2.30. The van der Waals surface area contributed by atoms with Crippen LogP contribution in [-0.4, -0.2) is 41.3 Å². The number of hydrogen-bond donors (Lipinski definition) is 1. The van der Waals surface area contributed by atoms with E-state index < -0.39 is 0 Å². The van der Waals surface area contributed by atoms with Crippen LogP contribution in [0.3, 0.4) is 0 Å². The predicted octanol–water partition coefficient (Wildman–Crippen LogP) is 1.88. The molecular weight excluding hydrogens is 264 g/mol. The third-order valence-corrected chi connectivity index (χ3v) is 4.87. The van der Waals surface area contributed by atoms with Crippen molar-refractivity contribution in [3.05, 3.63) is 18.1 Å². The van der Waals surface area contributed by atoms with Gasteiger partial charge in [-0.15, -0.1) is 0 Å². The maximum Gasteiger partial charge on any atom is 0.147 e. The van der Waals surface area contributed by atoms with Gasteiger partial charge in [-0.1, -0.05) is 12.8 Å². The summed E-state index contributed by atoms with van der Waals surface area (Å²) >= 11 is 0. The average Bonchev–Trinajstić information content (AvgIpc) is 3.37. The molecule has 2 aliphatic carbocycles. The molecule has 3 fully saturated rings. The molecule has 1 aliphatic heterocycles. The summed E-state index contributed by atoms with van der Waals surface area (Å²) in [6.45, 7) is 2.59. The molecule has 2 saturated carbocycles. The molecular formula is C16H24N4O. The van der Waals surface area contributed by atoms with Crippen molar-refractivity contribution < 1.29 is 4.74 Å². The number of aromatic nitrogens is 2. The number of fused-ring (bicyclic) bond motifs is 1. The van der Waals surface area contributed by atoms with Gasteiger partial charge in [0.05, 0.1) is 36.8 Å². The Labute approximate surface area is 126 Å². The molecule has 114 valence electrons. The van der Waals surface area contributed by atoms with Gasteiger partial charge in [-0.25, -0.2) is 4.98 Å². The molecule has 1 aromatic rings. The van der Waals surface area contributed by atoms with Gasteiger partial charge in [0.25, 0.3) is 0 Å². The van der Waals surface area contributed by atoms with E-state index in [1.807, 2.05) is 12.4 Å². The summed E-state index contributed by atoms with van der Waals surface area (Å²) in [5, 5.41) is 3.48. The van der Waals surface area contributed by atoms with Gasteiger partial charge in [0.2, 0.25) is 0 Å². The van der Waals surface area contributed by atoms with E-state index in [0.29, 0.717) is 18.2 Å². The van der Waals surface area contributed by atoms with Crippen molar-refractivity contribution in [3.63, 3.8) is 0 Å². The van der Waals surface area contributed by atoms with Gasteiger partial charge in [-0.05, 0) is 25.7 Å². The summed E-state index contributed by atoms with van der Waals surface area (Å²) in [5.74, 6) is 1.02. The maximum absolute atomic E-state index is 5.93. The average molecular weight is 288 g/mol. The Morgan fingerprint density at radius 1 is 1.14 bits per heavy atom. The van der Waals surface area contributed by atoms with Crippen LogP contribution in [0.1, 0.15) is 44.2 Å².